The minimum Gasteiger partial charge on any atom is -0.446 e. The minimum absolute atomic E-state index is 0.00487. The molecule has 13 heteroatoms. The quantitative estimate of drug-likeness (QED) is 0.520. The molecule has 2 aromatic rings. The Morgan fingerprint density at radius 1 is 1.22 bits per heavy atom. The van der Waals surface area contributed by atoms with Gasteiger partial charge >= 0.3 is 6.09 Å². The third-order valence-electron chi connectivity index (χ3n) is 8.07. The number of anilines is 1. The van der Waals surface area contributed by atoms with E-state index in [-0.39, 0.29) is 31.1 Å². The summed E-state index contributed by atoms with van der Waals surface area (Å²) in [5, 5.41) is 9.72. The molecule has 12 nitrogen and oxygen atoms in total. The van der Waals surface area contributed by atoms with E-state index in [1.54, 1.807) is 14.4 Å². The average molecular weight is 568 g/mol. The van der Waals surface area contributed by atoms with Crippen molar-refractivity contribution in [3.8, 4) is 0 Å². The van der Waals surface area contributed by atoms with E-state index in [9.17, 15) is 14.0 Å². The predicted molar refractivity (Wildman–Crippen MR) is 151 cm³/mol. The van der Waals surface area contributed by atoms with Crippen molar-refractivity contribution in [2.45, 2.75) is 50.9 Å². The van der Waals surface area contributed by atoms with Gasteiger partial charge in [0.05, 0.1) is 18.3 Å². The van der Waals surface area contributed by atoms with Gasteiger partial charge in [-0.3, -0.25) is 9.69 Å². The summed E-state index contributed by atoms with van der Waals surface area (Å²) >= 11 is 0. The van der Waals surface area contributed by atoms with Gasteiger partial charge in [0.2, 0.25) is 11.9 Å². The van der Waals surface area contributed by atoms with Gasteiger partial charge < -0.3 is 24.9 Å². The van der Waals surface area contributed by atoms with Crippen LogP contribution in [0, 0.1) is 0 Å². The molecule has 220 valence electrons. The van der Waals surface area contributed by atoms with Crippen molar-refractivity contribution in [2.75, 3.05) is 58.2 Å². The number of carbonyl (C=O) groups excluding carboxylic acids is 2. The first kappa shape index (κ1) is 27.5. The first-order chi connectivity index (χ1) is 19.6. The van der Waals surface area contributed by atoms with E-state index in [0.29, 0.717) is 18.9 Å². The van der Waals surface area contributed by atoms with Crippen LogP contribution in [0.1, 0.15) is 38.7 Å². The van der Waals surface area contributed by atoms with Crippen LogP contribution in [0.4, 0.5) is 15.1 Å². The first-order valence-corrected chi connectivity index (χ1v) is 14.3. The van der Waals surface area contributed by atoms with E-state index >= 15 is 0 Å². The molecule has 0 saturated carbocycles. The lowest BCUT2D eigenvalue weighted by Crippen LogP contribution is -2.50. The SMILES string of the molecule is CN1CCN(C(=O)CN2C=C(Nc3nc4c(C5=CC6CCC(C5)N6C(=O)OCC(C)(C)F)cccn4n3)CN2)CC1. The second-order valence-corrected chi connectivity index (χ2v) is 11.9. The number of rotatable bonds is 7. The molecular formula is C28H38FN9O3. The number of halogens is 1. The Bertz CT molecular complexity index is 1380. The standard InChI is InChI=1S/C28H38FN9O3/c1-28(2,29)18-41-27(40)38-21-6-7-22(38)14-19(13-21)23-5-4-8-37-25(23)32-26(33-37)31-20-15-30-36(16-20)17-24(39)35-11-9-34(3)10-12-35/h4-5,8,13,16,21-22,30H,6-7,9-12,14-15,17-18H2,1-3H3,(H,31,33). The van der Waals surface area contributed by atoms with Gasteiger partial charge in [0.1, 0.15) is 18.8 Å². The smallest absolute Gasteiger partial charge is 0.410 e. The lowest BCUT2D eigenvalue weighted by molar-refractivity contribution is -0.133. The molecule has 2 atom stereocenters. The first-order valence-electron chi connectivity index (χ1n) is 14.3. The van der Waals surface area contributed by atoms with Gasteiger partial charge in [-0.2, -0.15) is 4.98 Å². The number of hydrogen-bond acceptors (Lipinski definition) is 9. The largest absolute Gasteiger partial charge is 0.446 e. The Balaban J connectivity index is 1.12. The van der Waals surface area contributed by atoms with Crippen LogP contribution in [0.3, 0.4) is 0 Å². The molecule has 2 bridgehead atoms. The monoisotopic (exact) mass is 567 g/mol. The molecule has 0 aliphatic carbocycles. The maximum absolute atomic E-state index is 13.9. The summed E-state index contributed by atoms with van der Waals surface area (Å²) in [6.07, 6.45) is 7.80. The van der Waals surface area contributed by atoms with Gasteiger partial charge in [0, 0.05) is 50.2 Å². The van der Waals surface area contributed by atoms with E-state index in [1.807, 2.05) is 29.4 Å². The Hall–Kier alpha value is -3.71. The van der Waals surface area contributed by atoms with Crippen LogP contribution in [0.2, 0.25) is 0 Å². The van der Waals surface area contributed by atoms with E-state index in [4.69, 9.17) is 9.72 Å². The number of piperazine rings is 1. The number of ether oxygens (including phenoxy) is 1. The number of likely N-dealkylation sites (N-methyl/N-ethyl adjacent to an activating group) is 1. The lowest BCUT2D eigenvalue weighted by Gasteiger charge is -2.33. The van der Waals surface area contributed by atoms with E-state index in [0.717, 1.165) is 61.5 Å². The van der Waals surface area contributed by atoms with Gasteiger partial charge in [-0.05, 0) is 57.9 Å². The van der Waals surface area contributed by atoms with Crippen molar-refractivity contribution in [3.63, 3.8) is 0 Å². The molecule has 41 heavy (non-hydrogen) atoms. The molecule has 4 aliphatic rings. The van der Waals surface area contributed by atoms with Crippen LogP contribution >= 0.6 is 0 Å². The van der Waals surface area contributed by atoms with Crippen LogP contribution in [-0.4, -0.2) is 117 Å². The lowest BCUT2D eigenvalue weighted by atomic mass is 9.95. The average Bonchev–Trinajstić information content (AvgIpc) is 3.62. The van der Waals surface area contributed by atoms with E-state index in [1.165, 1.54) is 13.8 Å². The van der Waals surface area contributed by atoms with Gasteiger partial charge in [-0.1, -0.05) is 6.08 Å². The van der Waals surface area contributed by atoms with Crippen molar-refractivity contribution in [3.05, 3.63) is 41.9 Å². The third kappa shape index (κ3) is 6.01. The highest BCUT2D eigenvalue weighted by Crippen LogP contribution is 2.40. The van der Waals surface area contributed by atoms with Crippen molar-refractivity contribution in [1.29, 1.82) is 0 Å². The Morgan fingerprint density at radius 2 is 2.02 bits per heavy atom. The fourth-order valence-electron chi connectivity index (χ4n) is 5.92. The van der Waals surface area contributed by atoms with Crippen LogP contribution < -0.4 is 10.7 Å². The van der Waals surface area contributed by atoms with Crippen molar-refractivity contribution >= 4 is 29.2 Å². The molecule has 4 aliphatic heterocycles. The number of hydrazine groups is 1. The zero-order valence-corrected chi connectivity index (χ0v) is 23.8. The highest BCUT2D eigenvalue weighted by molar-refractivity contribution is 5.80. The summed E-state index contributed by atoms with van der Waals surface area (Å²) in [4.78, 5) is 36.1. The van der Waals surface area contributed by atoms with Gasteiger partial charge in [0.25, 0.3) is 0 Å². The second kappa shape index (κ2) is 10.9. The molecule has 2 N–H and O–H groups in total. The molecule has 2 amide bonds. The number of fused-ring (bicyclic) bond motifs is 3. The third-order valence-corrected chi connectivity index (χ3v) is 8.07. The number of nitrogens with zero attached hydrogens (tertiary/aromatic N) is 7. The van der Waals surface area contributed by atoms with Crippen LogP contribution in [0.15, 0.2) is 36.3 Å². The highest BCUT2D eigenvalue weighted by Gasteiger charge is 2.41. The van der Waals surface area contributed by atoms with Crippen molar-refractivity contribution < 1.29 is 18.7 Å². The van der Waals surface area contributed by atoms with Crippen molar-refractivity contribution in [1.82, 2.24) is 39.7 Å². The summed E-state index contributed by atoms with van der Waals surface area (Å²) in [5.74, 6) is 0.572. The maximum atomic E-state index is 13.9. The molecule has 0 spiro atoms. The van der Waals surface area contributed by atoms with Crippen LogP contribution in [0.25, 0.3) is 11.2 Å². The minimum atomic E-state index is -1.56. The normalized spacial score (nSPS) is 23.2. The summed E-state index contributed by atoms with van der Waals surface area (Å²) in [7, 11) is 2.07. The van der Waals surface area contributed by atoms with Crippen LogP contribution in [0.5, 0.6) is 0 Å². The summed E-state index contributed by atoms with van der Waals surface area (Å²) in [6.45, 7) is 6.64. The number of nitrogens with one attached hydrogen (secondary N) is 2. The Kier molecular flexibility index (Phi) is 7.32. The Labute approximate surface area is 238 Å². The molecule has 2 saturated heterocycles. The summed E-state index contributed by atoms with van der Waals surface area (Å²) in [5.41, 5.74) is 5.36. The number of alkyl halides is 1. The number of pyridine rings is 1. The molecule has 6 heterocycles. The van der Waals surface area contributed by atoms with Gasteiger partial charge in [-0.25, -0.2) is 19.1 Å². The molecule has 0 radical (unpaired) electrons. The molecule has 2 fully saturated rings. The molecule has 0 aromatic carbocycles. The topological polar surface area (TPSA) is 111 Å². The number of carbonyl (C=O) groups is 2. The Morgan fingerprint density at radius 3 is 2.78 bits per heavy atom. The maximum Gasteiger partial charge on any atom is 0.410 e. The fourth-order valence-corrected chi connectivity index (χ4v) is 5.92. The van der Waals surface area contributed by atoms with E-state index in [2.05, 4.69) is 33.9 Å². The van der Waals surface area contributed by atoms with E-state index < -0.39 is 11.8 Å². The number of amides is 2. The predicted octanol–water partition coefficient (Wildman–Crippen LogP) is 2.08. The molecule has 6 rings (SSSR count). The zero-order chi connectivity index (χ0) is 28.7. The summed E-state index contributed by atoms with van der Waals surface area (Å²) < 4.78 is 20.9. The van der Waals surface area contributed by atoms with Crippen molar-refractivity contribution in [2.24, 2.45) is 0 Å². The fraction of sp³-hybridized carbons (Fsp3) is 0.571. The molecular weight excluding hydrogens is 529 g/mol. The van der Waals surface area contributed by atoms with Gasteiger partial charge in [0.15, 0.2) is 5.65 Å². The highest BCUT2D eigenvalue weighted by atomic mass is 19.1. The molecule has 2 aromatic heterocycles. The molecule has 2 unspecified atom stereocenters. The van der Waals surface area contributed by atoms with Gasteiger partial charge in [-0.15, -0.1) is 5.10 Å². The van der Waals surface area contributed by atoms with Crippen LogP contribution in [-0.2, 0) is 9.53 Å². The number of aromatic nitrogens is 3. The summed E-state index contributed by atoms with van der Waals surface area (Å²) in [6, 6.07) is 3.88. The number of hydrogen-bond donors (Lipinski definition) is 2. The second-order valence-electron chi connectivity index (χ2n) is 11.9. The zero-order valence-electron chi connectivity index (χ0n) is 23.8.